The topological polar surface area (TPSA) is 63.3 Å². The molecule has 0 amide bonds. The Morgan fingerprint density at radius 1 is 1.24 bits per heavy atom. The summed E-state index contributed by atoms with van der Waals surface area (Å²) in [6, 6.07) is 9.21. The Balaban J connectivity index is 2.38. The van der Waals surface area contributed by atoms with Crippen LogP contribution in [0.3, 0.4) is 0 Å². The molecule has 1 aromatic carbocycles. The van der Waals surface area contributed by atoms with Crippen LogP contribution in [0.5, 0.6) is 5.88 Å². The van der Waals surface area contributed by atoms with Crippen molar-refractivity contribution in [2.24, 2.45) is 0 Å². The fourth-order valence-corrected chi connectivity index (χ4v) is 1.16. The van der Waals surface area contributed by atoms with Gasteiger partial charge in [0.2, 0.25) is 5.88 Å². The van der Waals surface area contributed by atoms with Crippen molar-refractivity contribution in [2.45, 2.75) is 6.92 Å². The normalized spacial score (nSPS) is 9.47. The summed E-state index contributed by atoms with van der Waals surface area (Å²) in [5.41, 5.74) is 0.224. The zero-order valence-electron chi connectivity index (χ0n) is 9.10. The van der Waals surface area contributed by atoms with E-state index in [-0.39, 0.29) is 17.3 Å². The quantitative estimate of drug-likeness (QED) is 0.692. The van der Waals surface area contributed by atoms with Crippen LogP contribution in [0, 0.1) is 18.8 Å². The highest BCUT2D eigenvalue weighted by Gasteiger charge is 2.05. The molecule has 2 rings (SSSR count). The zero-order valence-corrected chi connectivity index (χ0v) is 9.10. The second kappa shape index (κ2) is 4.54. The predicted molar refractivity (Wildman–Crippen MR) is 61.6 cm³/mol. The van der Waals surface area contributed by atoms with Crippen molar-refractivity contribution in [3.05, 3.63) is 57.8 Å². The predicted octanol–water partition coefficient (Wildman–Crippen LogP) is 1.45. The van der Waals surface area contributed by atoms with Gasteiger partial charge in [-0.15, -0.1) is 0 Å². The Kier molecular flexibility index (Phi) is 2.93. The molecule has 1 heterocycles. The van der Waals surface area contributed by atoms with Crippen LogP contribution >= 0.6 is 0 Å². The SMILES string of the molecule is Cc1c(O)nc(C#Cc2ccccc2)oc1=O. The van der Waals surface area contributed by atoms with Gasteiger partial charge in [-0.05, 0) is 25.0 Å². The first-order valence-electron chi connectivity index (χ1n) is 4.94. The average molecular weight is 227 g/mol. The van der Waals surface area contributed by atoms with Gasteiger partial charge >= 0.3 is 5.63 Å². The molecule has 0 spiro atoms. The second-order valence-corrected chi connectivity index (χ2v) is 3.37. The molecule has 17 heavy (non-hydrogen) atoms. The van der Waals surface area contributed by atoms with E-state index in [2.05, 4.69) is 16.8 Å². The first-order chi connectivity index (χ1) is 8.16. The van der Waals surface area contributed by atoms with E-state index in [1.54, 1.807) is 0 Å². The van der Waals surface area contributed by atoms with Gasteiger partial charge in [-0.1, -0.05) is 24.1 Å². The van der Waals surface area contributed by atoms with E-state index >= 15 is 0 Å². The number of hydrogen-bond acceptors (Lipinski definition) is 4. The largest absolute Gasteiger partial charge is 0.493 e. The summed E-state index contributed by atoms with van der Waals surface area (Å²) in [6.45, 7) is 1.43. The summed E-state index contributed by atoms with van der Waals surface area (Å²) in [7, 11) is 0. The molecule has 0 atom stereocenters. The van der Waals surface area contributed by atoms with E-state index in [1.807, 2.05) is 30.3 Å². The Bertz CT molecular complexity index is 648. The summed E-state index contributed by atoms with van der Waals surface area (Å²) < 4.78 is 4.81. The van der Waals surface area contributed by atoms with Gasteiger partial charge in [0.05, 0.1) is 5.56 Å². The van der Waals surface area contributed by atoms with E-state index < -0.39 is 5.63 Å². The van der Waals surface area contributed by atoms with Crippen LogP contribution in [0.1, 0.15) is 17.0 Å². The number of hydrogen-bond donors (Lipinski definition) is 1. The average Bonchev–Trinajstić information content (AvgIpc) is 2.34. The van der Waals surface area contributed by atoms with Crippen LogP contribution in [-0.2, 0) is 0 Å². The van der Waals surface area contributed by atoms with Gasteiger partial charge in [0.25, 0.3) is 5.89 Å². The minimum atomic E-state index is -0.630. The third-order valence-electron chi connectivity index (χ3n) is 2.13. The lowest BCUT2D eigenvalue weighted by molar-refractivity contribution is 0.401. The third-order valence-corrected chi connectivity index (χ3v) is 2.13. The molecule has 0 unspecified atom stereocenters. The number of nitrogens with zero attached hydrogens (tertiary/aromatic N) is 1. The first-order valence-corrected chi connectivity index (χ1v) is 4.94. The highest BCUT2D eigenvalue weighted by Crippen LogP contribution is 2.07. The molecule has 4 heteroatoms. The first kappa shape index (κ1) is 11.0. The van der Waals surface area contributed by atoms with E-state index in [0.29, 0.717) is 0 Å². The van der Waals surface area contributed by atoms with Gasteiger partial charge in [0.1, 0.15) is 0 Å². The lowest BCUT2D eigenvalue weighted by atomic mass is 10.2. The van der Waals surface area contributed by atoms with Gasteiger partial charge in [-0.3, -0.25) is 0 Å². The van der Waals surface area contributed by atoms with Crippen LogP contribution in [0.2, 0.25) is 0 Å². The van der Waals surface area contributed by atoms with Gasteiger partial charge in [0, 0.05) is 5.56 Å². The van der Waals surface area contributed by atoms with Crippen molar-refractivity contribution in [2.75, 3.05) is 0 Å². The fourth-order valence-electron chi connectivity index (χ4n) is 1.16. The maximum absolute atomic E-state index is 11.2. The minimum Gasteiger partial charge on any atom is -0.493 e. The van der Waals surface area contributed by atoms with E-state index in [1.165, 1.54) is 6.92 Å². The molecular formula is C13H9NO3. The molecule has 0 aliphatic carbocycles. The van der Waals surface area contributed by atoms with Gasteiger partial charge < -0.3 is 9.52 Å². The highest BCUT2D eigenvalue weighted by molar-refractivity contribution is 5.37. The van der Waals surface area contributed by atoms with Crippen molar-refractivity contribution < 1.29 is 9.52 Å². The molecule has 4 nitrogen and oxygen atoms in total. The standard InChI is InChI=1S/C13H9NO3/c1-9-12(15)14-11(17-13(9)16)8-7-10-5-3-2-4-6-10/h2-6,15H,1H3. The second-order valence-electron chi connectivity index (χ2n) is 3.37. The number of aromatic hydroxyl groups is 1. The monoisotopic (exact) mass is 227 g/mol. The maximum atomic E-state index is 11.2. The molecule has 84 valence electrons. The minimum absolute atomic E-state index is 0.0789. The van der Waals surface area contributed by atoms with Crippen molar-refractivity contribution in [3.8, 4) is 17.7 Å². The van der Waals surface area contributed by atoms with Crippen molar-refractivity contribution in [1.82, 2.24) is 4.98 Å². The Labute approximate surface area is 97.6 Å². The van der Waals surface area contributed by atoms with E-state index in [4.69, 9.17) is 4.42 Å². The molecule has 0 bridgehead atoms. The molecule has 0 aliphatic heterocycles. The molecular weight excluding hydrogens is 218 g/mol. The number of rotatable bonds is 0. The molecule has 0 aliphatic rings. The molecule has 0 radical (unpaired) electrons. The summed E-state index contributed by atoms with van der Waals surface area (Å²) >= 11 is 0. The lowest BCUT2D eigenvalue weighted by Gasteiger charge is -1.94. The van der Waals surface area contributed by atoms with E-state index in [9.17, 15) is 9.90 Å². The lowest BCUT2D eigenvalue weighted by Crippen LogP contribution is -2.06. The van der Waals surface area contributed by atoms with Crippen LogP contribution in [0.25, 0.3) is 0 Å². The third kappa shape index (κ3) is 2.52. The summed E-state index contributed by atoms with van der Waals surface area (Å²) in [5, 5.41) is 9.34. The Morgan fingerprint density at radius 2 is 1.94 bits per heavy atom. The molecule has 1 aromatic heterocycles. The van der Waals surface area contributed by atoms with Crippen LogP contribution in [0.4, 0.5) is 0 Å². The number of benzene rings is 1. The van der Waals surface area contributed by atoms with Crippen molar-refractivity contribution >= 4 is 0 Å². The van der Waals surface area contributed by atoms with Crippen molar-refractivity contribution in [3.63, 3.8) is 0 Å². The van der Waals surface area contributed by atoms with Crippen LogP contribution < -0.4 is 5.63 Å². The van der Waals surface area contributed by atoms with Crippen molar-refractivity contribution in [1.29, 1.82) is 0 Å². The van der Waals surface area contributed by atoms with Gasteiger partial charge in [0.15, 0.2) is 0 Å². The number of aromatic nitrogens is 1. The fraction of sp³-hybridized carbons (Fsp3) is 0.0769. The maximum Gasteiger partial charge on any atom is 0.346 e. The molecule has 1 N–H and O–H groups in total. The Hall–Kier alpha value is -2.54. The van der Waals surface area contributed by atoms with Gasteiger partial charge in [-0.2, -0.15) is 4.98 Å². The van der Waals surface area contributed by atoms with Gasteiger partial charge in [-0.25, -0.2) is 4.79 Å². The summed E-state index contributed by atoms with van der Waals surface area (Å²) in [6.07, 6.45) is 0. The molecule has 0 fully saturated rings. The zero-order chi connectivity index (χ0) is 12.3. The van der Waals surface area contributed by atoms with Crippen LogP contribution in [0.15, 0.2) is 39.5 Å². The summed E-state index contributed by atoms with van der Waals surface area (Å²) in [4.78, 5) is 14.9. The summed E-state index contributed by atoms with van der Waals surface area (Å²) in [5.74, 6) is 4.92. The highest BCUT2D eigenvalue weighted by atomic mass is 16.4. The molecule has 2 aromatic rings. The Morgan fingerprint density at radius 3 is 2.59 bits per heavy atom. The smallest absolute Gasteiger partial charge is 0.346 e. The van der Waals surface area contributed by atoms with Crippen LogP contribution in [-0.4, -0.2) is 10.1 Å². The molecule has 0 saturated heterocycles. The molecule has 0 saturated carbocycles. The van der Waals surface area contributed by atoms with E-state index in [0.717, 1.165) is 5.56 Å².